The van der Waals surface area contributed by atoms with Gasteiger partial charge in [0.2, 0.25) is 5.91 Å². The molecule has 6 heteroatoms. The van der Waals surface area contributed by atoms with Crippen LogP contribution in [0, 0.1) is 17.2 Å². The minimum Gasteiger partial charge on any atom is -0.481 e. The molecule has 1 aromatic rings. The van der Waals surface area contributed by atoms with Crippen LogP contribution in [0.2, 0.25) is 0 Å². The van der Waals surface area contributed by atoms with Crippen LogP contribution in [0.3, 0.4) is 0 Å². The van der Waals surface area contributed by atoms with E-state index < -0.39 is 11.9 Å². The fourth-order valence-electron chi connectivity index (χ4n) is 1.73. The molecule has 1 atom stereocenters. The van der Waals surface area contributed by atoms with E-state index in [0.717, 1.165) is 0 Å². The Morgan fingerprint density at radius 1 is 1.59 bits per heavy atom. The maximum Gasteiger partial charge on any atom is 0.308 e. The third kappa shape index (κ3) is 2.08. The second kappa shape index (κ2) is 4.22. The molecule has 2 heterocycles. The first-order valence-electron chi connectivity index (χ1n) is 5.02. The van der Waals surface area contributed by atoms with E-state index in [-0.39, 0.29) is 24.6 Å². The largest absolute Gasteiger partial charge is 0.481 e. The summed E-state index contributed by atoms with van der Waals surface area (Å²) in [6.45, 7) is 0.107. The number of aliphatic carboxylic acids is 1. The van der Waals surface area contributed by atoms with Gasteiger partial charge >= 0.3 is 5.97 Å². The number of carboxylic acid groups (broad SMARTS) is 1. The zero-order chi connectivity index (χ0) is 12.4. The number of nitriles is 1. The number of hydrogen-bond acceptors (Lipinski definition) is 4. The molecule has 0 radical (unpaired) electrons. The molecule has 0 bridgehead atoms. The topological polar surface area (TPSA) is 94.3 Å². The van der Waals surface area contributed by atoms with Crippen molar-refractivity contribution in [3.8, 4) is 6.07 Å². The number of pyridine rings is 1. The fraction of sp³-hybridized carbons (Fsp3) is 0.273. The molecule has 1 aliphatic rings. The highest BCUT2D eigenvalue weighted by molar-refractivity contribution is 5.98. The molecule has 17 heavy (non-hydrogen) atoms. The molecule has 0 saturated carbocycles. The summed E-state index contributed by atoms with van der Waals surface area (Å²) in [4.78, 5) is 27.7. The molecular weight excluding hydrogens is 222 g/mol. The Morgan fingerprint density at radius 2 is 2.35 bits per heavy atom. The van der Waals surface area contributed by atoms with E-state index in [1.807, 2.05) is 6.07 Å². The van der Waals surface area contributed by atoms with Gasteiger partial charge in [-0.05, 0) is 12.1 Å². The molecule has 0 spiro atoms. The lowest BCUT2D eigenvalue weighted by Crippen LogP contribution is -2.26. The van der Waals surface area contributed by atoms with E-state index in [4.69, 9.17) is 10.4 Å². The van der Waals surface area contributed by atoms with Crippen molar-refractivity contribution in [3.63, 3.8) is 0 Å². The van der Waals surface area contributed by atoms with E-state index in [1.165, 1.54) is 11.0 Å². The molecule has 2 rings (SSSR count). The number of amides is 1. The summed E-state index contributed by atoms with van der Waals surface area (Å²) in [5, 5.41) is 17.5. The number of carbonyl (C=O) groups excluding carboxylic acids is 1. The highest BCUT2D eigenvalue weighted by atomic mass is 16.4. The normalized spacial score (nSPS) is 19.1. The highest BCUT2D eigenvalue weighted by Gasteiger charge is 2.35. The van der Waals surface area contributed by atoms with Crippen LogP contribution in [0.25, 0.3) is 0 Å². The standard InChI is InChI=1S/C11H9N3O3/c12-5-8-2-1-3-9(13-8)14-6-7(11(16)17)4-10(14)15/h1-3,7H,4,6H2,(H,16,17). The van der Waals surface area contributed by atoms with Crippen LogP contribution in [0.15, 0.2) is 18.2 Å². The number of hydrogen-bond donors (Lipinski definition) is 1. The van der Waals surface area contributed by atoms with Gasteiger partial charge in [0, 0.05) is 13.0 Å². The summed E-state index contributed by atoms with van der Waals surface area (Å²) in [6, 6.07) is 6.60. The van der Waals surface area contributed by atoms with E-state index in [0.29, 0.717) is 5.82 Å². The zero-order valence-corrected chi connectivity index (χ0v) is 8.83. The van der Waals surface area contributed by atoms with Gasteiger partial charge in [-0.2, -0.15) is 5.26 Å². The van der Waals surface area contributed by atoms with Crippen LogP contribution < -0.4 is 4.90 Å². The number of nitrogens with zero attached hydrogens (tertiary/aromatic N) is 3. The quantitative estimate of drug-likeness (QED) is 0.794. The van der Waals surface area contributed by atoms with Gasteiger partial charge in [0.15, 0.2) is 0 Å². The molecular formula is C11H9N3O3. The monoisotopic (exact) mass is 231 g/mol. The third-order valence-electron chi connectivity index (χ3n) is 2.60. The molecule has 6 nitrogen and oxygen atoms in total. The second-order valence-corrected chi connectivity index (χ2v) is 3.74. The lowest BCUT2D eigenvalue weighted by atomic mass is 10.1. The molecule has 1 aromatic heterocycles. The second-order valence-electron chi connectivity index (χ2n) is 3.74. The van der Waals surface area contributed by atoms with Crippen LogP contribution in [0.5, 0.6) is 0 Å². The molecule has 1 unspecified atom stereocenters. The maximum absolute atomic E-state index is 11.6. The Balaban J connectivity index is 2.26. The first-order chi connectivity index (χ1) is 8.11. The Morgan fingerprint density at radius 3 is 2.94 bits per heavy atom. The predicted octanol–water partition coefficient (Wildman–Crippen LogP) is 0.391. The summed E-state index contributed by atoms with van der Waals surface area (Å²) in [7, 11) is 0. The molecule has 1 N–H and O–H groups in total. The lowest BCUT2D eigenvalue weighted by Gasteiger charge is -2.14. The van der Waals surface area contributed by atoms with Gasteiger partial charge in [-0.15, -0.1) is 0 Å². The maximum atomic E-state index is 11.6. The minimum absolute atomic E-state index is 0.0200. The number of carboxylic acids is 1. The van der Waals surface area contributed by atoms with E-state index in [1.54, 1.807) is 12.1 Å². The van der Waals surface area contributed by atoms with Crippen LogP contribution in [-0.4, -0.2) is 28.5 Å². The predicted molar refractivity (Wildman–Crippen MR) is 57.0 cm³/mol. The Labute approximate surface area is 97.1 Å². The summed E-state index contributed by atoms with van der Waals surface area (Å²) in [5.74, 6) is -1.63. The molecule has 86 valence electrons. The van der Waals surface area contributed by atoms with Crippen molar-refractivity contribution in [1.82, 2.24) is 4.98 Å². The molecule has 1 fully saturated rings. The molecule has 0 aromatic carbocycles. The van der Waals surface area contributed by atoms with E-state index in [2.05, 4.69) is 4.98 Å². The minimum atomic E-state index is -0.989. The van der Waals surface area contributed by atoms with E-state index >= 15 is 0 Å². The molecule has 1 saturated heterocycles. The SMILES string of the molecule is N#Cc1cccc(N2CC(C(=O)O)CC2=O)n1. The van der Waals surface area contributed by atoms with Crippen molar-refractivity contribution < 1.29 is 14.7 Å². The van der Waals surface area contributed by atoms with Crippen molar-refractivity contribution in [2.75, 3.05) is 11.4 Å². The molecule has 1 amide bonds. The number of aromatic nitrogens is 1. The third-order valence-corrected chi connectivity index (χ3v) is 2.60. The Hall–Kier alpha value is -2.42. The van der Waals surface area contributed by atoms with Gasteiger partial charge in [-0.3, -0.25) is 14.5 Å². The van der Waals surface area contributed by atoms with Crippen LogP contribution in [0.4, 0.5) is 5.82 Å². The number of anilines is 1. The van der Waals surface area contributed by atoms with Gasteiger partial charge in [-0.1, -0.05) is 6.07 Å². The molecule has 1 aliphatic heterocycles. The van der Waals surface area contributed by atoms with Crippen molar-refractivity contribution in [2.45, 2.75) is 6.42 Å². The molecule has 0 aliphatic carbocycles. The number of carbonyl (C=O) groups is 2. The summed E-state index contributed by atoms with van der Waals surface area (Å²) in [6.07, 6.45) is -0.0200. The zero-order valence-electron chi connectivity index (χ0n) is 8.83. The summed E-state index contributed by atoms with van der Waals surface area (Å²) >= 11 is 0. The average Bonchev–Trinajstić information content (AvgIpc) is 2.72. The summed E-state index contributed by atoms with van der Waals surface area (Å²) in [5.41, 5.74) is 0.203. The Bertz CT molecular complexity index is 521. The highest BCUT2D eigenvalue weighted by Crippen LogP contribution is 2.23. The number of rotatable bonds is 2. The van der Waals surface area contributed by atoms with Gasteiger partial charge in [0.25, 0.3) is 0 Å². The Kier molecular flexibility index (Phi) is 2.75. The first-order valence-corrected chi connectivity index (χ1v) is 5.02. The first kappa shape index (κ1) is 11.1. The van der Waals surface area contributed by atoms with Gasteiger partial charge in [0.05, 0.1) is 5.92 Å². The lowest BCUT2D eigenvalue weighted by molar-refractivity contribution is -0.141. The van der Waals surface area contributed by atoms with Crippen LogP contribution in [0.1, 0.15) is 12.1 Å². The van der Waals surface area contributed by atoms with Crippen molar-refractivity contribution in [3.05, 3.63) is 23.9 Å². The van der Waals surface area contributed by atoms with Gasteiger partial charge < -0.3 is 5.11 Å². The smallest absolute Gasteiger partial charge is 0.308 e. The van der Waals surface area contributed by atoms with E-state index in [9.17, 15) is 9.59 Å². The average molecular weight is 231 g/mol. The van der Waals surface area contributed by atoms with Crippen molar-refractivity contribution in [1.29, 1.82) is 5.26 Å². The van der Waals surface area contributed by atoms with Crippen LogP contribution >= 0.6 is 0 Å². The summed E-state index contributed by atoms with van der Waals surface area (Å²) < 4.78 is 0. The fourth-order valence-corrected chi connectivity index (χ4v) is 1.73. The van der Waals surface area contributed by atoms with Crippen LogP contribution in [-0.2, 0) is 9.59 Å². The van der Waals surface area contributed by atoms with Crippen molar-refractivity contribution >= 4 is 17.7 Å². The van der Waals surface area contributed by atoms with Gasteiger partial charge in [-0.25, -0.2) is 4.98 Å². The van der Waals surface area contributed by atoms with Crippen molar-refractivity contribution in [2.24, 2.45) is 5.92 Å². The van der Waals surface area contributed by atoms with Gasteiger partial charge in [0.1, 0.15) is 17.6 Å².